The molecule has 2 rings (SSSR count). The Balaban J connectivity index is 2.23. The molecular weight excluding hydrogens is 270 g/mol. The second-order valence-electron chi connectivity index (χ2n) is 4.52. The van der Waals surface area contributed by atoms with Crippen LogP contribution in [0.15, 0.2) is 18.2 Å². The number of nitrogens with two attached hydrogens (primary N) is 1. The maximum Gasteiger partial charge on any atom is 0.387 e. The molecule has 1 atom stereocenters. The third-order valence-corrected chi connectivity index (χ3v) is 3.21. The highest BCUT2D eigenvalue weighted by atomic mass is 19.3. The minimum absolute atomic E-state index is 0.0370. The molecule has 1 unspecified atom stereocenters. The summed E-state index contributed by atoms with van der Waals surface area (Å²) in [4.78, 5) is 13.5. The molecule has 1 fully saturated rings. The van der Waals surface area contributed by atoms with Crippen LogP contribution in [0.3, 0.4) is 0 Å². The number of benzene rings is 1. The number of rotatable bonds is 5. The van der Waals surface area contributed by atoms with Crippen LogP contribution in [-0.4, -0.2) is 32.7 Å². The maximum atomic E-state index is 12.2. The highest BCUT2D eigenvalue weighted by Gasteiger charge is 2.30. The Hall–Kier alpha value is -1.89. The first-order valence-corrected chi connectivity index (χ1v) is 6.18. The van der Waals surface area contributed by atoms with Crippen molar-refractivity contribution in [1.29, 1.82) is 0 Å². The van der Waals surface area contributed by atoms with E-state index < -0.39 is 6.61 Å². The quantitative estimate of drug-likeness (QED) is 0.893. The van der Waals surface area contributed by atoms with Crippen LogP contribution in [0.5, 0.6) is 11.5 Å². The Labute approximate surface area is 115 Å². The molecule has 1 aliphatic rings. The van der Waals surface area contributed by atoms with Crippen LogP contribution in [0, 0.1) is 5.92 Å². The highest BCUT2D eigenvalue weighted by molar-refractivity contribution is 5.96. The molecule has 1 heterocycles. The van der Waals surface area contributed by atoms with Crippen molar-refractivity contribution in [3.8, 4) is 11.5 Å². The summed E-state index contributed by atoms with van der Waals surface area (Å²) in [6.45, 7) is -1.97. The molecule has 0 bridgehead atoms. The molecule has 0 aliphatic carbocycles. The number of alkyl halides is 2. The number of amides is 1. The summed E-state index contributed by atoms with van der Waals surface area (Å²) in [6, 6.07) is 4.43. The smallest absolute Gasteiger partial charge is 0.387 e. The van der Waals surface area contributed by atoms with E-state index in [2.05, 4.69) is 4.74 Å². The zero-order valence-electron chi connectivity index (χ0n) is 11.0. The molecule has 1 aromatic rings. The van der Waals surface area contributed by atoms with E-state index in [1.165, 1.54) is 19.2 Å². The SMILES string of the molecule is COc1cc(N2CC(CN)CC2=O)ccc1OC(F)F. The van der Waals surface area contributed by atoms with Gasteiger partial charge >= 0.3 is 6.61 Å². The topological polar surface area (TPSA) is 64.8 Å². The first-order valence-electron chi connectivity index (χ1n) is 6.18. The molecule has 0 radical (unpaired) electrons. The number of anilines is 1. The molecule has 0 saturated carbocycles. The lowest BCUT2D eigenvalue weighted by Crippen LogP contribution is -2.25. The maximum absolute atomic E-state index is 12.2. The summed E-state index contributed by atoms with van der Waals surface area (Å²) in [6.07, 6.45) is 0.397. The molecule has 7 heteroatoms. The van der Waals surface area contributed by atoms with Crippen molar-refractivity contribution >= 4 is 11.6 Å². The van der Waals surface area contributed by atoms with Gasteiger partial charge in [0.25, 0.3) is 0 Å². The lowest BCUT2D eigenvalue weighted by Gasteiger charge is -2.18. The number of carbonyl (C=O) groups is 1. The van der Waals surface area contributed by atoms with Crippen molar-refractivity contribution in [2.75, 3.05) is 25.1 Å². The van der Waals surface area contributed by atoms with Crippen LogP contribution < -0.4 is 20.1 Å². The van der Waals surface area contributed by atoms with E-state index in [0.717, 1.165) is 0 Å². The van der Waals surface area contributed by atoms with Gasteiger partial charge in [0, 0.05) is 24.7 Å². The molecule has 0 spiro atoms. The van der Waals surface area contributed by atoms with Gasteiger partial charge in [0.05, 0.1) is 7.11 Å². The van der Waals surface area contributed by atoms with E-state index in [1.807, 2.05) is 0 Å². The first kappa shape index (κ1) is 14.5. The zero-order valence-corrected chi connectivity index (χ0v) is 11.0. The van der Waals surface area contributed by atoms with Crippen molar-refractivity contribution in [1.82, 2.24) is 0 Å². The number of halogens is 2. The third-order valence-electron chi connectivity index (χ3n) is 3.21. The van der Waals surface area contributed by atoms with Crippen LogP contribution in [0.2, 0.25) is 0 Å². The fourth-order valence-electron chi connectivity index (χ4n) is 2.21. The van der Waals surface area contributed by atoms with Crippen molar-refractivity contribution in [3.05, 3.63) is 18.2 Å². The van der Waals surface area contributed by atoms with Crippen LogP contribution in [0.1, 0.15) is 6.42 Å². The molecule has 5 nitrogen and oxygen atoms in total. The van der Waals surface area contributed by atoms with Gasteiger partial charge in [-0.3, -0.25) is 4.79 Å². The molecule has 20 heavy (non-hydrogen) atoms. The Morgan fingerprint density at radius 1 is 1.45 bits per heavy atom. The standard InChI is InChI=1S/C13H16F2N2O3/c1-19-11-5-9(2-3-10(11)20-13(14)15)17-7-8(6-16)4-12(17)18/h2-3,5,8,13H,4,6-7,16H2,1H3. The van der Waals surface area contributed by atoms with E-state index in [1.54, 1.807) is 11.0 Å². The van der Waals surface area contributed by atoms with Crippen molar-refractivity contribution in [3.63, 3.8) is 0 Å². The lowest BCUT2D eigenvalue weighted by molar-refractivity contribution is -0.117. The third kappa shape index (κ3) is 2.98. The van der Waals surface area contributed by atoms with Gasteiger partial charge in [-0.05, 0) is 24.6 Å². The summed E-state index contributed by atoms with van der Waals surface area (Å²) in [5, 5.41) is 0. The Bertz CT molecular complexity index is 497. The molecule has 1 aromatic carbocycles. The van der Waals surface area contributed by atoms with Gasteiger partial charge in [-0.25, -0.2) is 0 Å². The molecule has 1 saturated heterocycles. The monoisotopic (exact) mass is 286 g/mol. The number of ether oxygens (including phenoxy) is 2. The summed E-state index contributed by atoms with van der Waals surface area (Å²) < 4.78 is 33.8. The summed E-state index contributed by atoms with van der Waals surface area (Å²) in [5.41, 5.74) is 6.15. The number of hydrogen-bond acceptors (Lipinski definition) is 4. The van der Waals surface area contributed by atoms with Crippen LogP contribution in [-0.2, 0) is 4.79 Å². The van der Waals surface area contributed by atoms with Crippen LogP contribution >= 0.6 is 0 Å². The average molecular weight is 286 g/mol. The minimum Gasteiger partial charge on any atom is -0.493 e. The molecule has 1 aliphatic heterocycles. The predicted molar refractivity (Wildman–Crippen MR) is 69.1 cm³/mol. The summed E-state index contributed by atoms with van der Waals surface area (Å²) in [7, 11) is 1.35. The molecule has 2 N–H and O–H groups in total. The van der Waals surface area contributed by atoms with Gasteiger partial charge < -0.3 is 20.1 Å². The van der Waals surface area contributed by atoms with E-state index in [4.69, 9.17) is 10.5 Å². The van der Waals surface area contributed by atoms with Crippen molar-refractivity contribution < 1.29 is 23.0 Å². The van der Waals surface area contributed by atoms with E-state index >= 15 is 0 Å². The van der Waals surface area contributed by atoms with E-state index in [-0.39, 0.29) is 23.3 Å². The number of nitrogens with zero attached hydrogens (tertiary/aromatic N) is 1. The summed E-state index contributed by atoms with van der Waals surface area (Å²) in [5.74, 6) is 0.176. The normalized spacial score (nSPS) is 18.8. The fourth-order valence-corrected chi connectivity index (χ4v) is 2.21. The minimum atomic E-state index is -2.93. The molecule has 0 aromatic heterocycles. The van der Waals surface area contributed by atoms with Gasteiger partial charge in [0.1, 0.15) is 0 Å². The predicted octanol–water partition coefficient (Wildman–Crippen LogP) is 1.61. The largest absolute Gasteiger partial charge is 0.493 e. The zero-order chi connectivity index (χ0) is 14.7. The second kappa shape index (κ2) is 6.04. The van der Waals surface area contributed by atoms with Gasteiger partial charge in [0.15, 0.2) is 11.5 Å². The number of carbonyl (C=O) groups excluding carboxylic acids is 1. The Kier molecular flexibility index (Phi) is 4.39. The Morgan fingerprint density at radius 3 is 2.75 bits per heavy atom. The van der Waals surface area contributed by atoms with Gasteiger partial charge in [-0.15, -0.1) is 0 Å². The molecule has 1 amide bonds. The first-order chi connectivity index (χ1) is 9.55. The van der Waals surface area contributed by atoms with Gasteiger partial charge in [-0.2, -0.15) is 8.78 Å². The average Bonchev–Trinajstić information content (AvgIpc) is 2.80. The lowest BCUT2D eigenvalue weighted by atomic mass is 10.1. The Morgan fingerprint density at radius 2 is 2.20 bits per heavy atom. The number of hydrogen-bond donors (Lipinski definition) is 1. The summed E-state index contributed by atoms with van der Waals surface area (Å²) >= 11 is 0. The number of methoxy groups -OCH3 is 1. The van der Waals surface area contributed by atoms with E-state index in [9.17, 15) is 13.6 Å². The van der Waals surface area contributed by atoms with Crippen LogP contribution in [0.25, 0.3) is 0 Å². The highest BCUT2D eigenvalue weighted by Crippen LogP contribution is 2.34. The van der Waals surface area contributed by atoms with Gasteiger partial charge in [-0.1, -0.05) is 0 Å². The van der Waals surface area contributed by atoms with Crippen molar-refractivity contribution in [2.45, 2.75) is 13.0 Å². The fraction of sp³-hybridized carbons (Fsp3) is 0.462. The molecule has 110 valence electrons. The second-order valence-corrected chi connectivity index (χ2v) is 4.52. The molecular formula is C13H16F2N2O3. The van der Waals surface area contributed by atoms with Crippen molar-refractivity contribution in [2.24, 2.45) is 11.7 Å². The van der Waals surface area contributed by atoms with Gasteiger partial charge in [0.2, 0.25) is 5.91 Å². The van der Waals surface area contributed by atoms with E-state index in [0.29, 0.717) is 25.2 Å². The van der Waals surface area contributed by atoms with Crippen LogP contribution in [0.4, 0.5) is 14.5 Å².